The van der Waals surface area contributed by atoms with Crippen molar-refractivity contribution in [3.63, 3.8) is 0 Å². The lowest BCUT2D eigenvalue weighted by Gasteiger charge is -2.37. The lowest BCUT2D eigenvalue weighted by molar-refractivity contribution is -0.152. The van der Waals surface area contributed by atoms with Crippen molar-refractivity contribution in [2.75, 3.05) is 6.54 Å². The maximum absolute atomic E-state index is 13.9. The highest BCUT2D eigenvalue weighted by molar-refractivity contribution is 5.98. The van der Waals surface area contributed by atoms with Crippen LogP contribution >= 0.6 is 0 Å². The van der Waals surface area contributed by atoms with E-state index in [1.165, 1.54) is 23.5 Å². The van der Waals surface area contributed by atoms with Gasteiger partial charge in [-0.1, -0.05) is 46.5 Å². The van der Waals surface area contributed by atoms with Crippen LogP contribution in [0.15, 0.2) is 18.6 Å². The Balaban J connectivity index is 1.56. The van der Waals surface area contributed by atoms with E-state index in [1.807, 2.05) is 20.8 Å². The molecule has 9 nitrogen and oxygen atoms in total. The fourth-order valence-corrected chi connectivity index (χ4v) is 6.67. The van der Waals surface area contributed by atoms with Crippen LogP contribution in [0.4, 0.5) is 0 Å². The maximum Gasteiger partial charge on any atom is 0.326 e. The number of carbonyl (C=O) groups excluding carboxylic acids is 3. The van der Waals surface area contributed by atoms with Crippen LogP contribution in [0.5, 0.6) is 0 Å². The van der Waals surface area contributed by atoms with Gasteiger partial charge in [-0.3, -0.25) is 19.4 Å². The molecule has 37 heavy (non-hydrogen) atoms. The fraction of sp³-hybridized carbons (Fsp3) is 0.714. The number of rotatable bonds is 8. The Labute approximate surface area is 218 Å². The molecule has 2 amide bonds. The third kappa shape index (κ3) is 6.02. The van der Waals surface area contributed by atoms with Crippen molar-refractivity contribution >= 4 is 23.6 Å². The highest BCUT2D eigenvalue weighted by atomic mass is 16.4. The Kier molecular flexibility index (Phi) is 8.29. The number of aliphatic carboxylic acids is 1. The van der Waals surface area contributed by atoms with Crippen molar-refractivity contribution < 1.29 is 24.3 Å². The average molecular weight is 513 g/mol. The number of hydrogen-bond acceptors (Lipinski definition) is 6. The normalized spacial score (nSPS) is 25.8. The lowest BCUT2D eigenvalue weighted by Crippen LogP contribution is -2.58. The van der Waals surface area contributed by atoms with E-state index in [1.54, 1.807) is 0 Å². The molecule has 3 fully saturated rings. The zero-order valence-corrected chi connectivity index (χ0v) is 22.2. The van der Waals surface area contributed by atoms with E-state index in [4.69, 9.17) is 0 Å². The van der Waals surface area contributed by atoms with Gasteiger partial charge in [0.05, 0.1) is 6.20 Å². The fourth-order valence-electron chi connectivity index (χ4n) is 6.67. The minimum atomic E-state index is -0.976. The van der Waals surface area contributed by atoms with Gasteiger partial charge in [-0.05, 0) is 48.9 Å². The third-order valence-electron chi connectivity index (χ3n) is 8.64. The predicted molar refractivity (Wildman–Crippen MR) is 136 cm³/mol. The van der Waals surface area contributed by atoms with Crippen LogP contribution in [-0.4, -0.2) is 62.2 Å². The van der Waals surface area contributed by atoms with Crippen molar-refractivity contribution in [1.82, 2.24) is 20.2 Å². The van der Waals surface area contributed by atoms with Gasteiger partial charge in [0.1, 0.15) is 17.8 Å². The van der Waals surface area contributed by atoms with E-state index < -0.39 is 29.4 Å². The van der Waals surface area contributed by atoms with Gasteiger partial charge < -0.3 is 15.3 Å². The third-order valence-corrected chi connectivity index (χ3v) is 8.64. The van der Waals surface area contributed by atoms with Gasteiger partial charge in [-0.2, -0.15) is 0 Å². The molecule has 5 atom stereocenters. The second-order valence-electron chi connectivity index (χ2n) is 12.2. The van der Waals surface area contributed by atoms with E-state index in [9.17, 15) is 24.3 Å². The molecule has 0 spiro atoms. The van der Waals surface area contributed by atoms with Gasteiger partial charge in [-0.25, -0.2) is 9.78 Å². The van der Waals surface area contributed by atoms with E-state index >= 15 is 0 Å². The smallest absolute Gasteiger partial charge is 0.326 e. The van der Waals surface area contributed by atoms with Crippen molar-refractivity contribution in [1.29, 1.82) is 0 Å². The summed E-state index contributed by atoms with van der Waals surface area (Å²) >= 11 is 0. The van der Waals surface area contributed by atoms with Gasteiger partial charge in [0.25, 0.3) is 0 Å². The number of hydrogen-bond donors (Lipinski definition) is 2. The van der Waals surface area contributed by atoms with Crippen LogP contribution < -0.4 is 5.32 Å². The molecule has 2 aliphatic carbocycles. The Morgan fingerprint density at radius 2 is 1.78 bits per heavy atom. The Hall–Kier alpha value is -2.84. The second kappa shape index (κ2) is 11.3. The summed E-state index contributed by atoms with van der Waals surface area (Å²) in [6, 6.07) is -1.74. The summed E-state index contributed by atoms with van der Waals surface area (Å²) < 4.78 is 0. The molecule has 2 N–H and O–H groups in total. The molecule has 1 aromatic rings. The number of carbonyl (C=O) groups is 4. The van der Waals surface area contributed by atoms with Crippen molar-refractivity contribution in [2.24, 2.45) is 29.1 Å². The van der Waals surface area contributed by atoms with Gasteiger partial charge in [0.2, 0.25) is 11.8 Å². The van der Waals surface area contributed by atoms with Crippen LogP contribution in [0.3, 0.4) is 0 Å². The molecule has 3 aliphatic rings. The first-order valence-electron chi connectivity index (χ1n) is 13.7. The molecule has 1 aliphatic heterocycles. The number of nitrogens with zero attached hydrogens (tertiary/aromatic N) is 3. The van der Waals surface area contributed by atoms with Gasteiger partial charge >= 0.3 is 5.97 Å². The number of carboxylic acid groups (broad SMARTS) is 1. The number of amides is 2. The van der Waals surface area contributed by atoms with E-state index in [-0.39, 0.29) is 47.5 Å². The molecule has 9 heteroatoms. The molecule has 0 radical (unpaired) electrons. The highest BCUT2D eigenvalue weighted by Crippen LogP contribution is 2.43. The van der Waals surface area contributed by atoms with E-state index in [0.717, 1.165) is 51.4 Å². The summed E-state index contributed by atoms with van der Waals surface area (Å²) in [5.41, 5.74) is -0.410. The van der Waals surface area contributed by atoms with Crippen LogP contribution in [0.1, 0.15) is 89.0 Å². The standard InChI is InChI=1S/C28H40N4O5/c1-28(2,3)24(26(35)32-16-18-10-7-11-19(18)23(32)27(36)37)31-25(34)20(17-8-5-4-6-9-17)14-22(33)21-15-29-12-13-30-21/h12-13,15,17-20,23-24H,4-11,14,16H2,1-3H3,(H,31,34)(H,36,37)/t18?,19-,20-,23-,24+/m0/s1. The first kappa shape index (κ1) is 27.2. The predicted octanol–water partition coefficient (Wildman–Crippen LogP) is 3.49. The molecule has 2 saturated carbocycles. The number of likely N-dealkylation sites (tertiary alicyclic amines) is 1. The van der Waals surface area contributed by atoms with Crippen LogP contribution in [0.2, 0.25) is 0 Å². The molecule has 0 aromatic carbocycles. The summed E-state index contributed by atoms with van der Waals surface area (Å²) in [5, 5.41) is 13.0. The van der Waals surface area contributed by atoms with Crippen molar-refractivity contribution in [3.05, 3.63) is 24.3 Å². The number of ketones is 1. The molecule has 4 rings (SSSR count). The van der Waals surface area contributed by atoms with Crippen LogP contribution in [0.25, 0.3) is 0 Å². The summed E-state index contributed by atoms with van der Waals surface area (Å²) in [5.74, 6) is -2.25. The summed E-state index contributed by atoms with van der Waals surface area (Å²) in [6.07, 6.45) is 11.9. The number of Topliss-reactive ketones (excluding diaryl/α,β-unsaturated/α-hetero) is 1. The summed E-state index contributed by atoms with van der Waals surface area (Å²) in [6.45, 7) is 6.05. The molecule has 2 heterocycles. The number of aromatic nitrogens is 2. The van der Waals surface area contributed by atoms with Gasteiger partial charge in [0, 0.05) is 31.3 Å². The lowest BCUT2D eigenvalue weighted by atomic mass is 9.76. The average Bonchev–Trinajstić information content (AvgIpc) is 3.47. The largest absolute Gasteiger partial charge is 0.480 e. The van der Waals surface area contributed by atoms with E-state index in [2.05, 4.69) is 15.3 Å². The first-order valence-corrected chi connectivity index (χ1v) is 13.7. The van der Waals surface area contributed by atoms with Gasteiger partial charge in [0.15, 0.2) is 5.78 Å². The Morgan fingerprint density at radius 3 is 2.41 bits per heavy atom. The quantitative estimate of drug-likeness (QED) is 0.510. The first-order chi connectivity index (χ1) is 17.6. The monoisotopic (exact) mass is 512 g/mol. The van der Waals surface area contributed by atoms with Gasteiger partial charge in [-0.15, -0.1) is 0 Å². The molecular formula is C28H40N4O5. The summed E-state index contributed by atoms with van der Waals surface area (Å²) in [4.78, 5) is 62.5. The van der Waals surface area contributed by atoms with Crippen molar-refractivity contribution in [3.8, 4) is 0 Å². The highest BCUT2D eigenvalue weighted by Gasteiger charge is 2.52. The molecule has 1 saturated heterocycles. The maximum atomic E-state index is 13.9. The minimum absolute atomic E-state index is 0.00581. The molecule has 1 aromatic heterocycles. The molecule has 0 bridgehead atoms. The number of fused-ring (bicyclic) bond motifs is 1. The van der Waals surface area contributed by atoms with Crippen LogP contribution in [-0.2, 0) is 14.4 Å². The minimum Gasteiger partial charge on any atom is -0.480 e. The zero-order valence-electron chi connectivity index (χ0n) is 22.2. The topological polar surface area (TPSA) is 130 Å². The number of nitrogens with one attached hydrogen (secondary N) is 1. The SMILES string of the molecule is CC(C)(C)[C@H](NC(=O)[C@@H](CC(=O)c1cnccn1)C1CCCCC1)C(=O)N1CC2CCC[C@@H]2[C@H]1C(=O)O. The zero-order chi connectivity index (χ0) is 26.7. The second-order valence-corrected chi connectivity index (χ2v) is 12.2. The number of carboxylic acids is 1. The Bertz CT molecular complexity index is 1000. The Morgan fingerprint density at radius 1 is 1.05 bits per heavy atom. The molecular weight excluding hydrogens is 472 g/mol. The summed E-state index contributed by atoms with van der Waals surface area (Å²) in [7, 11) is 0. The molecule has 1 unspecified atom stereocenters. The van der Waals surface area contributed by atoms with Crippen LogP contribution in [0, 0.1) is 29.1 Å². The van der Waals surface area contributed by atoms with Crippen molar-refractivity contribution in [2.45, 2.75) is 90.6 Å². The molecule has 202 valence electrons. The van der Waals surface area contributed by atoms with E-state index in [0.29, 0.717) is 6.54 Å².